The van der Waals surface area contributed by atoms with Gasteiger partial charge in [0.25, 0.3) is 5.91 Å². The van der Waals surface area contributed by atoms with Crippen LogP contribution >= 0.6 is 11.6 Å². The van der Waals surface area contributed by atoms with E-state index in [0.29, 0.717) is 30.3 Å². The van der Waals surface area contributed by atoms with Gasteiger partial charge in [0.15, 0.2) is 0 Å². The van der Waals surface area contributed by atoms with E-state index in [1.165, 1.54) is 0 Å². The van der Waals surface area contributed by atoms with E-state index in [-0.39, 0.29) is 11.9 Å². The minimum absolute atomic E-state index is 0.0612. The summed E-state index contributed by atoms with van der Waals surface area (Å²) in [5, 5.41) is 0.476. The molecule has 2 heterocycles. The lowest BCUT2D eigenvalue weighted by atomic mass is 10.0. The summed E-state index contributed by atoms with van der Waals surface area (Å²) in [5.74, 6) is 0.709. The van der Waals surface area contributed by atoms with E-state index in [1.807, 2.05) is 29.2 Å². The number of nitrogens with zero attached hydrogens (tertiary/aromatic N) is 1. The lowest BCUT2D eigenvalue weighted by molar-refractivity contribution is 0.0250. The number of furan rings is 1. The van der Waals surface area contributed by atoms with Crippen molar-refractivity contribution >= 4 is 17.5 Å². The first-order chi connectivity index (χ1) is 10.8. The Hall–Kier alpha value is -1.78. The fourth-order valence-electron chi connectivity index (χ4n) is 2.72. The molecular formula is C17H18ClNO3. The molecular weight excluding hydrogens is 302 g/mol. The summed E-state index contributed by atoms with van der Waals surface area (Å²) in [5.41, 5.74) is 0.530. The summed E-state index contributed by atoms with van der Waals surface area (Å²) in [7, 11) is 0. The van der Waals surface area contributed by atoms with Crippen LogP contribution in [-0.4, -0.2) is 30.1 Å². The molecule has 2 aromatic rings. The van der Waals surface area contributed by atoms with Crippen molar-refractivity contribution in [2.24, 2.45) is 0 Å². The van der Waals surface area contributed by atoms with Crippen molar-refractivity contribution in [2.75, 3.05) is 13.2 Å². The van der Waals surface area contributed by atoms with Crippen LogP contribution in [0.3, 0.4) is 0 Å². The minimum Gasteiger partial charge on any atom is -0.467 e. The van der Waals surface area contributed by atoms with Crippen LogP contribution in [-0.2, 0) is 11.3 Å². The van der Waals surface area contributed by atoms with Crippen LogP contribution in [0.4, 0.5) is 0 Å². The molecule has 1 aliphatic rings. The van der Waals surface area contributed by atoms with Gasteiger partial charge in [-0.15, -0.1) is 0 Å². The van der Waals surface area contributed by atoms with E-state index in [4.69, 9.17) is 20.8 Å². The maximum absolute atomic E-state index is 13.0. The average molecular weight is 320 g/mol. The number of hydrogen-bond acceptors (Lipinski definition) is 3. The van der Waals surface area contributed by atoms with Crippen LogP contribution in [0.1, 0.15) is 29.0 Å². The third-order valence-corrected chi connectivity index (χ3v) is 4.23. The van der Waals surface area contributed by atoms with E-state index in [0.717, 1.165) is 18.6 Å². The van der Waals surface area contributed by atoms with Gasteiger partial charge in [0.05, 0.1) is 23.4 Å². The zero-order valence-corrected chi connectivity index (χ0v) is 13.0. The third-order valence-electron chi connectivity index (χ3n) is 3.90. The fourth-order valence-corrected chi connectivity index (χ4v) is 2.94. The standard InChI is InChI=1S/C17H18ClNO3/c18-16-6-2-1-5-15(16)17(20)19(12-14-4-3-9-22-14)13-7-10-21-11-8-13/h1-6,9,13H,7-8,10-12H2. The summed E-state index contributed by atoms with van der Waals surface area (Å²) in [6.07, 6.45) is 3.28. The highest BCUT2D eigenvalue weighted by Crippen LogP contribution is 2.24. The number of carbonyl (C=O) groups excluding carboxylic acids is 1. The number of halogens is 1. The van der Waals surface area contributed by atoms with Gasteiger partial charge in [-0.2, -0.15) is 0 Å². The van der Waals surface area contributed by atoms with Crippen LogP contribution in [0.5, 0.6) is 0 Å². The Labute approximate surface area is 134 Å². The molecule has 0 radical (unpaired) electrons. The Balaban J connectivity index is 1.86. The van der Waals surface area contributed by atoms with E-state index in [9.17, 15) is 4.79 Å². The molecule has 1 amide bonds. The molecule has 0 aliphatic carbocycles. The maximum Gasteiger partial charge on any atom is 0.256 e. The van der Waals surface area contributed by atoms with Gasteiger partial charge in [-0.05, 0) is 37.1 Å². The Morgan fingerprint density at radius 1 is 1.18 bits per heavy atom. The molecule has 0 spiro atoms. The van der Waals surface area contributed by atoms with Gasteiger partial charge in [-0.3, -0.25) is 4.79 Å². The molecule has 3 rings (SSSR count). The van der Waals surface area contributed by atoms with Crippen LogP contribution in [0.25, 0.3) is 0 Å². The van der Waals surface area contributed by atoms with Crippen molar-refractivity contribution in [3.05, 3.63) is 59.0 Å². The zero-order chi connectivity index (χ0) is 15.4. The first-order valence-electron chi connectivity index (χ1n) is 7.41. The molecule has 1 saturated heterocycles. The largest absolute Gasteiger partial charge is 0.467 e. The smallest absolute Gasteiger partial charge is 0.256 e. The SMILES string of the molecule is O=C(c1ccccc1Cl)N(Cc1ccco1)C1CCOCC1. The quantitative estimate of drug-likeness (QED) is 0.862. The van der Waals surface area contributed by atoms with E-state index in [1.54, 1.807) is 18.4 Å². The zero-order valence-electron chi connectivity index (χ0n) is 12.2. The Kier molecular flexibility index (Phi) is 4.80. The van der Waals surface area contributed by atoms with Crippen molar-refractivity contribution < 1.29 is 13.9 Å². The molecule has 22 heavy (non-hydrogen) atoms. The lowest BCUT2D eigenvalue weighted by Gasteiger charge is -2.34. The van der Waals surface area contributed by atoms with Crippen molar-refractivity contribution in [3.8, 4) is 0 Å². The molecule has 0 atom stereocenters. The summed E-state index contributed by atoms with van der Waals surface area (Å²) in [6.45, 7) is 1.80. The molecule has 0 N–H and O–H groups in total. The van der Waals surface area contributed by atoms with Gasteiger partial charge in [-0.1, -0.05) is 23.7 Å². The van der Waals surface area contributed by atoms with Crippen molar-refractivity contribution in [1.29, 1.82) is 0 Å². The first-order valence-corrected chi connectivity index (χ1v) is 7.79. The minimum atomic E-state index is -0.0612. The normalized spacial score (nSPS) is 15.7. The first kappa shape index (κ1) is 15.1. The third kappa shape index (κ3) is 3.34. The number of rotatable bonds is 4. The average Bonchev–Trinajstić information content (AvgIpc) is 3.06. The molecule has 1 aromatic carbocycles. The van der Waals surface area contributed by atoms with E-state index >= 15 is 0 Å². The van der Waals surface area contributed by atoms with Crippen LogP contribution < -0.4 is 0 Å². The Bertz CT molecular complexity index is 621. The van der Waals surface area contributed by atoms with Gasteiger partial charge < -0.3 is 14.1 Å². The molecule has 0 saturated carbocycles. The van der Waals surface area contributed by atoms with Crippen molar-refractivity contribution in [3.63, 3.8) is 0 Å². The summed E-state index contributed by atoms with van der Waals surface area (Å²) in [4.78, 5) is 14.8. The van der Waals surface area contributed by atoms with Crippen LogP contribution in [0, 0.1) is 0 Å². The number of hydrogen-bond donors (Lipinski definition) is 0. The Morgan fingerprint density at radius 3 is 2.64 bits per heavy atom. The molecule has 0 unspecified atom stereocenters. The number of benzene rings is 1. The fraction of sp³-hybridized carbons (Fsp3) is 0.353. The second kappa shape index (κ2) is 6.99. The molecule has 116 valence electrons. The predicted octanol–water partition coefficient (Wildman–Crippen LogP) is 3.75. The highest BCUT2D eigenvalue weighted by Gasteiger charge is 2.28. The summed E-state index contributed by atoms with van der Waals surface area (Å²) >= 11 is 6.19. The van der Waals surface area contributed by atoms with Crippen molar-refractivity contribution in [2.45, 2.75) is 25.4 Å². The topological polar surface area (TPSA) is 42.7 Å². The highest BCUT2D eigenvalue weighted by atomic mass is 35.5. The molecule has 4 nitrogen and oxygen atoms in total. The van der Waals surface area contributed by atoms with Gasteiger partial charge >= 0.3 is 0 Å². The molecule has 5 heteroatoms. The second-order valence-electron chi connectivity index (χ2n) is 5.34. The van der Waals surface area contributed by atoms with Crippen LogP contribution in [0.2, 0.25) is 5.02 Å². The molecule has 1 fully saturated rings. The molecule has 1 aromatic heterocycles. The number of amides is 1. The monoisotopic (exact) mass is 319 g/mol. The lowest BCUT2D eigenvalue weighted by Crippen LogP contribution is -2.43. The predicted molar refractivity (Wildman–Crippen MR) is 83.9 cm³/mol. The van der Waals surface area contributed by atoms with Gasteiger partial charge in [-0.25, -0.2) is 0 Å². The number of carbonyl (C=O) groups is 1. The highest BCUT2D eigenvalue weighted by molar-refractivity contribution is 6.33. The van der Waals surface area contributed by atoms with Crippen molar-refractivity contribution in [1.82, 2.24) is 4.90 Å². The number of ether oxygens (including phenoxy) is 1. The van der Waals surface area contributed by atoms with Crippen LogP contribution in [0.15, 0.2) is 47.1 Å². The van der Waals surface area contributed by atoms with Gasteiger partial charge in [0, 0.05) is 19.3 Å². The molecule has 1 aliphatic heterocycles. The van der Waals surface area contributed by atoms with E-state index < -0.39 is 0 Å². The summed E-state index contributed by atoms with van der Waals surface area (Å²) in [6, 6.07) is 11.0. The van der Waals surface area contributed by atoms with E-state index in [2.05, 4.69) is 0 Å². The Morgan fingerprint density at radius 2 is 1.95 bits per heavy atom. The summed E-state index contributed by atoms with van der Waals surface area (Å²) < 4.78 is 10.8. The maximum atomic E-state index is 13.0. The molecule has 0 bridgehead atoms. The van der Waals surface area contributed by atoms with Gasteiger partial charge in [0.1, 0.15) is 5.76 Å². The van der Waals surface area contributed by atoms with Gasteiger partial charge in [0.2, 0.25) is 0 Å². The second-order valence-corrected chi connectivity index (χ2v) is 5.74.